The van der Waals surface area contributed by atoms with Crippen molar-refractivity contribution in [3.8, 4) is 29.1 Å². The van der Waals surface area contributed by atoms with Gasteiger partial charge in [0.2, 0.25) is 18.4 Å². The van der Waals surface area contributed by atoms with E-state index in [4.69, 9.17) is 24.7 Å². The Kier molecular flexibility index (Phi) is 4.90. The maximum atomic E-state index is 13.8. The average Bonchev–Trinajstić information content (AvgIpc) is 3.30. The minimum absolute atomic E-state index is 0.0459. The highest BCUT2D eigenvalue weighted by atomic mass is 16.7. The molecule has 166 valence electrons. The minimum atomic E-state index is -0.768. The van der Waals surface area contributed by atoms with Crippen molar-refractivity contribution in [2.45, 2.75) is 19.4 Å². The quantitative estimate of drug-likeness (QED) is 0.652. The summed E-state index contributed by atoms with van der Waals surface area (Å²) in [5.74, 6) is 0.883. The highest BCUT2D eigenvalue weighted by molar-refractivity contribution is 5.61. The van der Waals surface area contributed by atoms with Crippen LogP contribution in [0.1, 0.15) is 28.3 Å². The summed E-state index contributed by atoms with van der Waals surface area (Å²) in [7, 11) is 1.51. The molecule has 0 saturated carbocycles. The highest BCUT2D eigenvalue weighted by Gasteiger charge is 2.36. The van der Waals surface area contributed by atoms with E-state index < -0.39 is 5.92 Å². The Hall–Kier alpha value is -4.45. The normalized spacial score (nSPS) is 16.1. The first-order valence-corrected chi connectivity index (χ1v) is 10.2. The zero-order valence-corrected chi connectivity index (χ0v) is 18.0. The molecule has 5 rings (SSSR count). The molecule has 0 radical (unpaired) electrons. The topological polar surface area (TPSA) is 122 Å². The number of pyridine rings is 2. The van der Waals surface area contributed by atoms with Crippen molar-refractivity contribution in [3.63, 3.8) is 0 Å². The fourth-order valence-corrected chi connectivity index (χ4v) is 4.21. The number of rotatable bonds is 4. The number of benzene rings is 1. The van der Waals surface area contributed by atoms with Crippen molar-refractivity contribution >= 4 is 0 Å². The Labute approximate surface area is 189 Å². The first kappa shape index (κ1) is 20.5. The second-order valence-electron chi connectivity index (χ2n) is 7.70. The largest absolute Gasteiger partial charge is 0.493 e. The number of methoxy groups -OCH3 is 1. The second kappa shape index (κ2) is 7.91. The van der Waals surface area contributed by atoms with Gasteiger partial charge in [-0.2, -0.15) is 5.26 Å². The van der Waals surface area contributed by atoms with Crippen LogP contribution in [0.25, 0.3) is 0 Å². The van der Waals surface area contributed by atoms with Crippen LogP contribution >= 0.6 is 0 Å². The fourth-order valence-electron chi connectivity index (χ4n) is 4.21. The van der Waals surface area contributed by atoms with E-state index in [1.165, 1.54) is 7.11 Å². The van der Waals surface area contributed by atoms with Gasteiger partial charge in [0.25, 0.3) is 5.56 Å². The molecule has 0 amide bonds. The molecule has 0 aliphatic carbocycles. The van der Waals surface area contributed by atoms with Crippen LogP contribution in [0.15, 0.2) is 59.0 Å². The zero-order valence-electron chi connectivity index (χ0n) is 18.0. The summed E-state index contributed by atoms with van der Waals surface area (Å²) in [6, 6.07) is 11.0. The van der Waals surface area contributed by atoms with E-state index in [2.05, 4.69) is 11.1 Å². The summed E-state index contributed by atoms with van der Waals surface area (Å²) >= 11 is 0. The molecule has 2 aliphatic heterocycles. The van der Waals surface area contributed by atoms with Gasteiger partial charge in [0, 0.05) is 24.2 Å². The predicted octanol–water partition coefficient (Wildman–Crippen LogP) is 2.56. The number of hydrogen-bond donors (Lipinski definition) is 1. The molecular formula is C24H20N4O5. The third-order valence-corrected chi connectivity index (χ3v) is 5.77. The molecule has 9 nitrogen and oxygen atoms in total. The molecule has 0 saturated heterocycles. The lowest BCUT2D eigenvalue weighted by molar-refractivity contribution is 0.171. The average molecular weight is 444 g/mol. The number of hydrogen-bond acceptors (Lipinski definition) is 8. The number of nitriles is 1. The molecule has 1 atom stereocenters. The fraction of sp³-hybridized carbons (Fsp3) is 0.208. The van der Waals surface area contributed by atoms with Crippen LogP contribution < -0.4 is 30.2 Å². The van der Waals surface area contributed by atoms with Crippen LogP contribution in [0.5, 0.6) is 23.0 Å². The van der Waals surface area contributed by atoms with Gasteiger partial charge in [0.1, 0.15) is 17.4 Å². The lowest BCUT2D eigenvalue weighted by Crippen LogP contribution is -2.33. The molecule has 2 aromatic heterocycles. The molecular weight excluding hydrogens is 424 g/mol. The summed E-state index contributed by atoms with van der Waals surface area (Å²) < 4.78 is 23.9. The van der Waals surface area contributed by atoms with Crippen molar-refractivity contribution in [2.75, 3.05) is 13.9 Å². The molecule has 0 fully saturated rings. The standard InChI is InChI=1S/C24H20N4O5/c1-13-6-17-21(24(29)28(13)11-14-4-3-5-27-10-14)20(16(9-25)23(26)33-17)15-7-18(30-2)22-19(8-15)31-12-32-22/h3-8,10,20H,11-12,26H2,1-2H3/t20-/m1/s1. The van der Waals surface area contributed by atoms with E-state index in [0.29, 0.717) is 46.4 Å². The van der Waals surface area contributed by atoms with Crippen LogP contribution in [-0.4, -0.2) is 23.5 Å². The van der Waals surface area contributed by atoms with Gasteiger partial charge < -0.3 is 29.2 Å². The molecule has 0 bridgehead atoms. The third-order valence-electron chi connectivity index (χ3n) is 5.77. The highest BCUT2D eigenvalue weighted by Crippen LogP contribution is 2.47. The Bertz CT molecular complexity index is 1390. The minimum Gasteiger partial charge on any atom is -0.493 e. The Balaban J connectivity index is 1.73. The number of ether oxygens (including phenoxy) is 4. The Morgan fingerprint density at radius 3 is 2.88 bits per heavy atom. The van der Waals surface area contributed by atoms with Gasteiger partial charge in [0.05, 0.1) is 25.1 Å². The maximum absolute atomic E-state index is 13.8. The monoisotopic (exact) mass is 444 g/mol. The SMILES string of the molecule is COc1cc([C@@H]2C(C#N)=C(N)Oc3cc(C)n(Cc4cccnc4)c(=O)c32)cc2c1OCO2. The predicted molar refractivity (Wildman–Crippen MR) is 117 cm³/mol. The molecule has 4 heterocycles. The molecule has 9 heteroatoms. The number of aromatic nitrogens is 2. The molecule has 2 aliphatic rings. The zero-order chi connectivity index (χ0) is 23.1. The first-order chi connectivity index (χ1) is 16.0. The Morgan fingerprint density at radius 2 is 2.15 bits per heavy atom. The van der Waals surface area contributed by atoms with Gasteiger partial charge in [-0.3, -0.25) is 9.78 Å². The summed E-state index contributed by atoms with van der Waals surface area (Å²) in [6.07, 6.45) is 3.39. The molecule has 33 heavy (non-hydrogen) atoms. The summed E-state index contributed by atoms with van der Waals surface area (Å²) in [5, 5.41) is 9.92. The molecule has 0 spiro atoms. The number of fused-ring (bicyclic) bond motifs is 2. The van der Waals surface area contributed by atoms with Crippen molar-refractivity contribution in [2.24, 2.45) is 5.73 Å². The van der Waals surface area contributed by atoms with Gasteiger partial charge in [-0.05, 0) is 36.2 Å². The summed E-state index contributed by atoms with van der Waals surface area (Å²) in [6.45, 7) is 2.20. The van der Waals surface area contributed by atoms with Crippen molar-refractivity contribution in [3.05, 3.63) is 86.9 Å². The van der Waals surface area contributed by atoms with Crippen molar-refractivity contribution in [1.29, 1.82) is 5.26 Å². The number of nitrogens with two attached hydrogens (primary N) is 1. The van der Waals surface area contributed by atoms with Gasteiger partial charge in [-0.1, -0.05) is 6.07 Å². The smallest absolute Gasteiger partial charge is 0.259 e. The van der Waals surface area contributed by atoms with E-state index >= 15 is 0 Å². The second-order valence-corrected chi connectivity index (χ2v) is 7.70. The first-order valence-electron chi connectivity index (χ1n) is 10.2. The van der Waals surface area contributed by atoms with E-state index in [1.54, 1.807) is 35.2 Å². The van der Waals surface area contributed by atoms with Gasteiger partial charge >= 0.3 is 0 Å². The third kappa shape index (κ3) is 3.32. The van der Waals surface area contributed by atoms with Crippen molar-refractivity contribution < 1.29 is 18.9 Å². The molecule has 3 aromatic rings. The van der Waals surface area contributed by atoms with Crippen LogP contribution in [0.3, 0.4) is 0 Å². The van der Waals surface area contributed by atoms with Gasteiger partial charge in [-0.25, -0.2) is 0 Å². The van der Waals surface area contributed by atoms with Gasteiger partial charge in [0.15, 0.2) is 11.5 Å². The lowest BCUT2D eigenvalue weighted by atomic mass is 9.83. The maximum Gasteiger partial charge on any atom is 0.259 e. The van der Waals surface area contributed by atoms with Crippen molar-refractivity contribution in [1.82, 2.24) is 9.55 Å². The molecule has 2 N–H and O–H groups in total. The molecule has 0 unspecified atom stereocenters. The van der Waals surface area contributed by atoms with Crippen LogP contribution in [0.4, 0.5) is 0 Å². The summed E-state index contributed by atoms with van der Waals surface area (Å²) in [5.41, 5.74) is 8.45. The van der Waals surface area contributed by atoms with Gasteiger partial charge in [-0.15, -0.1) is 0 Å². The van der Waals surface area contributed by atoms with Crippen LogP contribution in [0, 0.1) is 18.3 Å². The lowest BCUT2D eigenvalue weighted by Gasteiger charge is -2.27. The van der Waals surface area contributed by atoms with E-state index in [1.807, 2.05) is 19.1 Å². The van der Waals surface area contributed by atoms with E-state index in [9.17, 15) is 10.1 Å². The number of nitrogens with zero attached hydrogens (tertiary/aromatic N) is 3. The Morgan fingerprint density at radius 1 is 1.30 bits per heavy atom. The number of aryl methyl sites for hydroxylation is 1. The van der Waals surface area contributed by atoms with Crippen LogP contribution in [-0.2, 0) is 6.54 Å². The summed E-state index contributed by atoms with van der Waals surface area (Å²) in [4.78, 5) is 17.9. The van der Waals surface area contributed by atoms with E-state index in [-0.39, 0.29) is 23.8 Å². The van der Waals surface area contributed by atoms with E-state index in [0.717, 1.165) is 5.56 Å². The number of allylic oxidation sites excluding steroid dienone is 1. The van der Waals surface area contributed by atoms with Crippen LogP contribution in [0.2, 0.25) is 0 Å². The molecule has 1 aromatic carbocycles.